The maximum atomic E-state index is 8.76. The third kappa shape index (κ3) is 2.64. The quantitative estimate of drug-likeness (QED) is 0.784. The molecule has 0 saturated carbocycles. The van der Waals surface area contributed by atoms with Crippen LogP contribution in [0.3, 0.4) is 0 Å². The standard InChI is InChI=1S/C11H16N4O/c1-14-3-2-10(8-14)6-12-11-7-13-15(9-11)4-5-16/h2-3,7-9,12,16H,4-6H2,1H3. The maximum absolute atomic E-state index is 8.76. The van der Waals surface area contributed by atoms with E-state index in [-0.39, 0.29) is 6.61 Å². The minimum absolute atomic E-state index is 0.111. The van der Waals surface area contributed by atoms with Crippen LogP contribution in [0.15, 0.2) is 30.9 Å². The highest BCUT2D eigenvalue weighted by atomic mass is 16.3. The summed E-state index contributed by atoms with van der Waals surface area (Å²) in [6, 6.07) is 2.07. The van der Waals surface area contributed by atoms with E-state index in [1.54, 1.807) is 10.9 Å². The third-order valence-corrected chi connectivity index (χ3v) is 2.35. The molecule has 0 fully saturated rings. The van der Waals surface area contributed by atoms with Gasteiger partial charge in [-0.25, -0.2) is 0 Å². The summed E-state index contributed by atoms with van der Waals surface area (Å²) in [7, 11) is 2.00. The molecule has 86 valence electrons. The first-order valence-electron chi connectivity index (χ1n) is 5.26. The first kappa shape index (κ1) is 10.8. The van der Waals surface area contributed by atoms with Gasteiger partial charge in [0.05, 0.1) is 25.0 Å². The Kier molecular flexibility index (Phi) is 3.26. The van der Waals surface area contributed by atoms with Gasteiger partial charge in [-0.3, -0.25) is 4.68 Å². The Morgan fingerprint density at radius 3 is 3.00 bits per heavy atom. The zero-order chi connectivity index (χ0) is 11.4. The number of aliphatic hydroxyl groups is 1. The van der Waals surface area contributed by atoms with Gasteiger partial charge in [0.25, 0.3) is 0 Å². The van der Waals surface area contributed by atoms with Crippen LogP contribution in [0.25, 0.3) is 0 Å². The molecular weight excluding hydrogens is 204 g/mol. The summed E-state index contributed by atoms with van der Waals surface area (Å²) in [6.45, 7) is 1.43. The maximum Gasteiger partial charge on any atom is 0.0729 e. The van der Waals surface area contributed by atoms with Gasteiger partial charge in [0.15, 0.2) is 0 Å². The van der Waals surface area contributed by atoms with Gasteiger partial charge in [0.2, 0.25) is 0 Å². The zero-order valence-corrected chi connectivity index (χ0v) is 9.30. The lowest BCUT2D eigenvalue weighted by Crippen LogP contribution is -2.02. The van der Waals surface area contributed by atoms with Crippen molar-refractivity contribution in [2.45, 2.75) is 13.1 Å². The smallest absolute Gasteiger partial charge is 0.0729 e. The molecule has 0 atom stereocenters. The molecule has 0 spiro atoms. The predicted molar refractivity (Wildman–Crippen MR) is 62.1 cm³/mol. The molecule has 5 heteroatoms. The molecule has 2 aromatic heterocycles. The predicted octanol–water partition coefficient (Wildman–Crippen LogP) is 0.826. The highest BCUT2D eigenvalue weighted by molar-refractivity contribution is 5.38. The van der Waals surface area contributed by atoms with Crippen LogP contribution >= 0.6 is 0 Å². The molecular formula is C11H16N4O. The lowest BCUT2D eigenvalue weighted by atomic mass is 10.3. The molecule has 0 unspecified atom stereocenters. The van der Waals surface area contributed by atoms with Crippen LogP contribution in [0.2, 0.25) is 0 Å². The summed E-state index contributed by atoms with van der Waals surface area (Å²) < 4.78 is 3.74. The van der Waals surface area contributed by atoms with Crippen LogP contribution in [0.4, 0.5) is 5.69 Å². The molecule has 0 amide bonds. The SMILES string of the molecule is Cn1ccc(CNc2cnn(CCO)c2)c1. The number of nitrogens with zero attached hydrogens (tertiary/aromatic N) is 3. The van der Waals surface area contributed by atoms with E-state index in [1.165, 1.54) is 5.56 Å². The van der Waals surface area contributed by atoms with Crippen LogP contribution < -0.4 is 5.32 Å². The van der Waals surface area contributed by atoms with Gasteiger partial charge in [-0.1, -0.05) is 0 Å². The van der Waals surface area contributed by atoms with Gasteiger partial charge in [-0.2, -0.15) is 5.10 Å². The summed E-state index contributed by atoms with van der Waals surface area (Å²) in [5, 5.41) is 16.1. The number of nitrogens with one attached hydrogen (secondary N) is 1. The summed E-state index contributed by atoms with van der Waals surface area (Å²) in [5.41, 5.74) is 2.20. The number of aromatic nitrogens is 3. The van der Waals surface area contributed by atoms with Crippen molar-refractivity contribution >= 4 is 5.69 Å². The molecule has 2 heterocycles. The van der Waals surface area contributed by atoms with Crippen LogP contribution in [0, 0.1) is 0 Å². The van der Waals surface area contributed by atoms with E-state index in [0.29, 0.717) is 6.54 Å². The highest BCUT2D eigenvalue weighted by Gasteiger charge is 1.98. The topological polar surface area (TPSA) is 55.0 Å². The summed E-state index contributed by atoms with van der Waals surface area (Å²) >= 11 is 0. The van der Waals surface area contributed by atoms with Gasteiger partial charge in [-0.15, -0.1) is 0 Å². The second kappa shape index (κ2) is 4.85. The van der Waals surface area contributed by atoms with Crippen molar-refractivity contribution in [3.05, 3.63) is 36.4 Å². The van der Waals surface area contributed by atoms with E-state index in [1.807, 2.05) is 24.0 Å². The van der Waals surface area contributed by atoms with Crippen molar-refractivity contribution in [3.8, 4) is 0 Å². The second-order valence-corrected chi connectivity index (χ2v) is 3.75. The van der Waals surface area contributed by atoms with Gasteiger partial charge < -0.3 is 15.0 Å². The van der Waals surface area contributed by atoms with Crippen LogP contribution in [0.5, 0.6) is 0 Å². The van der Waals surface area contributed by atoms with Gasteiger partial charge in [-0.05, 0) is 11.6 Å². The number of rotatable bonds is 5. The van der Waals surface area contributed by atoms with Crippen molar-refractivity contribution in [1.29, 1.82) is 0 Å². The highest BCUT2D eigenvalue weighted by Crippen LogP contribution is 2.08. The molecule has 0 aromatic carbocycles. The van der Waals surface area contributed by atoms with Crippen molar-refractivity contribution in [2.75, 3.05) is 11.9 Å². The molecule has 0 saturated heterocycles. The molecule has 0 aliphatic heterocycles. The first-order valence-corrected chi connectivity index (χ1v) is 5.26. The Balaban J connectivity index is 1.89. The monoisotopic (exact) mass is 220 g/mol. The lowest BCUT2D eigenvalue weighted by molar-refractivity contribution is 0.269. The largest absolute Gasteiger partial charge is 0.394 e. The van der Waals surface area contributed by atoms with Crippen molar-refractivity contribution in [2.24, 2.45) is 7.05 Å². The van der Waals surface area contributed by atoms with Crippen molar-refractivity contribution in [1.82, 2.24) is 14.3 Å². The number of hydrogen-bond donors (Lipinski definition) is 2. The van der Waals surface area contributed by atoms with E-state index in [2.05, 4.69) is 22.7 Å². The molecule has 0 bridgehead atoms. The Morgan fingerprint density at radius 1 is 1.44 bits per heavy atom. The summed E-state index contributed by atoms with van der Waals surface area (Å²) in [4.78, 5) is 0. The molecule has 0 radical (unpaired) electrons. The molecule has 5 nitrogen and oxygen atoms in total. The van der Waals surface area contributed by atoms with E-state index >= 15 is 0 Å². The van der Waals surface area contributed by atoms with Crippen molar-refractivity contribution < 1.29 is 5.11 Å². The lowest BCUT2D eigenvalue weighted by Gasteiger charge is -2.00. The number of anilines is 1. The number of aliphatic hydroxyl groups excluding tert-OH is 1. The van der Waals surface area contributed by atoms with Gasteiger partial charge in [0.1, 0.15) is 0 Å². The fourth-order valence-electron chi connectivity index (χ4n) is 1.55. The van der Waals surface area contributed by atoms with Crippen molar-refractivity contribution in [3.63, 3.8) is 0 Å². The van der Waals surface area contributed by atoms with Gasteiger partial charge in [0, 0.05) is 32.2 Å². The molecule has 16 heavy (non-hydrogen) atoms. The normalized spacial score (nSPS) is 10.6. The average molecular weight is 220 g/mol. The zero-order valence-electron chi connectivity index (χ0n) is 9.30. The summed E-state index contributed by atoms with van der Waals surface area (Å²) in [5.74, 6) is 0. The molecule has 2 aromatic rings. The Bertz CT molecular complexity index is 446. The van der Waals surface area contributed by atoms with E-state index in [4.69, 9.17) is 5.11 Å². The van der Waals surface area contributed by atoms with Gasteiger partial charge >= 0.3 is 0 Å². The molecule has 0 aliphatic carbocycles. The fourth-order valence-corrected chi connectivity index (χ4v) is 1.55. The molecule has 2 rings (SSSR count). The molecule has 2 N–H and O–H groups in total. The van der Waals surface area contributed by atoms with Crippen LogP contribution in [0.1, 0.15) is 5.56 Å². The fraction of sp³-hybridized carbons (Fsp3) is 0.364. The summed E-state index contributed by atoms with van der Waals surface area (Å²) in [6.07, 6.45) is 7.75. The third-order valence-electron chi connectivity index (χ3n) is 2.35. The Hall–Kier alpha value is -1.75. The minimum Gasteiger partial charge on any atom is -0.394 e. The average Bonchev–Trinajstić information content (AvgIpc) is 2.85. The Labute approximate surface area is 94.3 Å². The first-order chi connectivity index (χ1) is 7.78. The minimum atomic E-state index is 0.111. The van der Waals surface area contributed by atoms with Crippen LogP contribution in [-0.4, -0.2) is 26.1 Å². The van der Waals surface area contributed by atoms with Crippen LogP contribution in [-0.2, 0) is 20.1 Å². The molecule has 0 aliphatic rings. The van der Waals surface area contributed by atoms with E-state index in [9.17, 15) is 0 Å². The number of aryl methyl sites for hydroxylation is 1. The van der Waals surface area contributed by atoms with E-state index in [0.717, 1.165) is 12.2 Å². The Morgan fingerprint density at radius 2 is 2.31 bits per heavy atom. The van der Waals surface area contributed by atoms with E-state index < -0.39 is 0 Å². The second-order valence-electron chi connectivity index (χ2n) is 3.75. The number of hydrogen-bond acceptors (Lipinski definition) is 3.